The van der Waals surface area contributed by atoms with Crippen LogP contribution in [0.2, 0.25) is 0 Å². The van der Waals surface area contributed by atoms with E-state index in [0.29, 0.717) is 6.42 Å². The zero-order valence-electron chi connectivity index (χ0n) is 16.9. The number of nitrogens with one attached hydrogen (secondary N) is 3. The molecule has 0 unspecified atom stereocenters. The molecule has 1 heterocycles. The topological polar surface area (TPSA) is 76.3 Å². The summed E-state index contributed by atoms with van der Waals surface area (Å²) in [7, 11) is 6.14. The number of rotatable bonds is 8. The number of nitrogens with zero attached hydrogens (tertiary/aromatic N) is 3. The van der Waals surface area contributed by atoms with Crippen LogP contribution in [0.5, 0.6) is 0 Å². The highest BCUT2D eigenvalue weighted by Crippen LogP contribution is 2.31. The van der Waals surface area contributed by atoms with Crippen LogP contribution < -0.4 is 15.5 Å². The van der Waals surface area contributed by atoms with Gasteiger partial charge >= 0.3 is 0 Å². The smallest absolute Gasteiger partial charge is 0.224 e. The Hall–Kier alpha value is -3.06. The van der Waals surface area contributed by atoms with E-state index in [0.717, 1.165) is 46.9 Å². The highest BCUT2D eigenvalue weighted by atomic mass is 16.1. The summed E-state index contributed by atoms with van der Waals surface area (Å²) in [6.07, 6.45) is 0.433. The van der Waals surface area contributed by atoms with Crippen LogP contribution in [0.1, 0.15) is 13.3 Å². The Morgan fingerprint density at radius 3 is 2.64 bits per heavy atom. The van der Waals surface area contributed by atoms with E-state index < -0.39 is 0 Å². The molecule has 0 atom stereocenters. The van der Waals surface area contributed by atoms with Crippen molar-refractivity contribution < 1.29 is 4.79 Å². The lowest BCUT2D eigenvalue weighted by atomic mass is 10.2. The second kappa shape index (κ2) is 8.75. The first-order chi connectivity index (χ1) is 13.5. The fourth-order valence-corrected chi connectivity index (χ4v) is 2.95. The van der Waals surface area contributed by atoms with Crippen LogP contribution >= 0.6 is 0 Å². The highest BCUT2D eigenvalue weighted by molar-refractivity contribution is 5.96. The van der Waals surface area contributed by atoms with E-state index in [2.05, 4.69) is 44.7 Å². The third-order valence-corrected chi connectivity index (χ3v) is 4.62. The molecule has 7 nitrogen and oxygen atoms in total. The fraction of sp³-hybridized carbons (Fsp3) is 0.333. The number of carbonyl (C=O) groups is 1. The van der Waals surface area contributed by atoms with Crippen LogP contribution in [-0.4, -0.2) is 55.2 Å². The first-order valence-electron chi connectivity index (χ1n) is 9.48. The number of likely N-dealkylation sites (N-methyl/N-ethyl adjacent to an activating group) is 2. The molecule has 3 rings (SSSR count). The summed E-state index contributed by atoms with van der Waals surface area (Å²) < 4.78 is 0. The molecule has 3 N–H and O–H groups in total. The summed E-state index contributed by atoms with van der Waals surface area (Å²) in [6.45, 7) is 3.64. The average Bonchev–Trinajstić information content (AvgIpc) is 3.09. The molecule has 0 aliphatic carbocycles. The monoisotopic (exact) mass is 380 g/mol. The molecule has 0 bridgehead atoms. The third-order valence-electron chi connectivity index (χ3n) is 4.62. The summed E-state index contributed by atoms with van der Waals surface area (Å²) in [6, 6.07) is 14.0. The Morgan fingerprint density at radius 2 is 1.89 bits per heavy atom. The number of para-hydroxylation sites is 1. The van der Waals surface area contributed by atoms with E-state index in [1.165, 1.54) is 0 Å². The van der Waals surface area contributed by atoms with Crippen LogP contribution in [0, 0.1) is 0 Å². The number of H-pyrrole nitrogens is 1. The lowest BCUT2D eigenvalue weighted by Crippen LogP contribution is -2.29. The molecule has 1 amide bonds. The van der Waals surface area contributed by atoms with Crippen molar-refractivity contribution in [2.75, 3.05) is 49.8 Å². The number of benzene rings is 2. The molecule has 148 valence electrons. The first-order valence-corrected chi connectivity index (χ1v) is 9.48. The maximum absolute atomic E-state index is 12.0. The second-order valence-electron chi connectivity index (χ2n) is 7.10. The Kier molecular flexibility index (Phi) is 6.16. The Balaban J connectivity index is 1.88. The molecule has 0 aliphatic heterocycles. The van der Waals surface area contributed by atoms with E-state index >= 15 is 0 Å². The van der Waals surface area contributed by atoms with Gasteiger partial charge in [-0.1, -0.05) is 19.1 Å². The van der Waals surface area contributed by atoms with Crippen LogP contribution in [0.4, 0.5) is 22.9 Å². The van der Waals surface area contributed by atoms with E-state index in [4.69, 9.17) is 0 Å². The van der Waals surface area contributed by atoms with Crippen molar-refractivity contribution in [1.82, 2.24) is 15.1 Å². The number of aromatic amines is 1. The summed E-state index contributed by atoms with van der Waals surface area (Å²) in [5, 5.41) is 14.8. The molecule has 0 spiro atoms. The zero-order chi connectivity index (χ0) is 20.1. The van der Waals surface area contributed by atoms with Gasteiger partial charge in [0, 0.05) is 37.6 Å². The summed E-state index contributed by atoms with van der Waals surface area (Å²) in [5.41, 5.74) is 3.62. The van der Waals surface area contributed by atoms with Gasteiger partial charge in [0.25, 0.3) is 0 Å². The van der Waals surface area contributed by atoms with Gasteiger partial charge in [0.1, 0.15) is 0 Å². The lowest BCUT2D eigenvalue weighted by molar-refractivity contribution is -0.115. The molecule has 0 saturated carbocycles. The fourth-order valence-electron chi connectivity index (χ4n) is 2.95. The largest absolute Gasteiger partial charge is 0.372 e. The number of hydrogen-bond donors (Lipinski definition) is 3. The SMILES string of the molecule is CCC(=O)Nc1cc(Nc2n[nH]c3ccccc23)ccc1N(C)CCN(C)C. The summed E-state index contributed by atoms with van der Waals surface area (Å²) >= 11 is 0. The molecular weight excluding hydrogens is 352 g/mol. The van der Waals surface area contributed by atoms with Gasteiger partial charge in [0.2, 0.25) is 5.91 Å². The summed E-state index contributed by atoms with van der Waals surface area (Å²) in [4.78, 5) is 16.3. The van der Waals surface area contributed by atoms with Crippen molar-refractivity contribution in [2.45, 2.75) is 13.3 Å². The van der Waals surface area contributed by atoms with Crippen molar-refractivity contribution in [2.24, 2.45) is 0 Å². The van der Waals surface area contributed by atoms with Gasteiger partial charge in [-0.05, 0) is 44.4 Å². The minimum absolute atomic E-state index is 0.00960. The van der Waals surface area contributed by atoms with E-state index in [-0.39, 0.29) is 5.91 Å². The quantitative estimate of drug-likeness (QED) is 0.556. The Morgan fingerprint density at radius 1 is 1.11 bits per heavy atom. The molecule has 3 aromatic rings. The van der Waals surface area contributed by atoms with Crippen molar-refractivity contribution in [3.05, 3.63) is 42.5 Å². The zero-order valence-corrected chi connectivity index (χ0v) is 16.9. The number of anilines is 4. The minimum Gasteiger partial charge on any atom is -0.372 e. The Labute approximate surface area is 165 Å². The first kappa shape index (κ1) is 19.7. The third kappa shape index (κ3) is 4.61. The molecule has 2 aromatic carbocycles. The molecule has 0 radical (unpaired) electrons. The van der Waals surface area contributed by atoms with Crippen molar-refractivity contribution in [3.63, 3.8) is 0 Å². The maximum Gasteiger partial charge on any atom is 0.224 e. The van der Waals surface area contributed by atoms with E-state index in [1.807, 2.05) is 56.4 Å². The molecule has 0 saturated heterocycles. The van der Waals surface area contributed by atoms with E-state index in [9.17, 15) is 4.79 Å². The van der Waals surface area contributed by atoms with Crippen LogP contribution in [0.15, 0.2) is 42.5 Å². The van der Waals surface area contributed by atoms with Crippen molar-refractivity contribution >= 4 is 39.7 Å². The van der Waals surface area contributed by atoms with Gasteiger partial charge in [-0.15, -0.1) is 0 Å². The van der Waals surface area contributed by atoms with Crippen LogP contribution in [0.3, 0.4) is 0 Å². The van der Waals surface area contributed by atoms with E-state index in [1.54, 1.807) is 0 Å². The van der Waals surface area contributed by atoms with Crippen molar-refractivity contribution in [3.8, 4) is 0 Å². The standard InChI is InChI=1S/C21H28N6O/c1-5-20(28)23-18-14-15(10-11-19(18)27(4)13-12-26(2)3)22-21-16-8-6-7-9-17(16)24-25-21/h6-11,14H,5,12-13H2,1-4H3,(H,23,28)(H2,22,24,25). The molecule has 0 fully saturated rings. The number of hydrogen-bond acceptors (Lipinski definition) is 5. The molecular formula is C21H28N6O. The van der Waals surface area contributed by atoms with Crippen molar-refractivity contribution in [1.29, 1.82) is 0 Å². The van der Waals surface area contributed by atoms with Crippen LogP contribution in [-0.2, 0) is 4.79 Å². The van der Waals surface area contributed by atoms with Gasteiger partial charge in [0.05, 0.1) is 16.9 Å². The number of aromatic nitrogens is 2. The number of fused-ring (bicyclic) bond motifs is 1. The van der Waals surface area contributed by atoms with Gasteiger partial charge < -0.3 is 20.4 Å². The van der Waals surface area contributed by atoms with Gasteiger partial charge in [-0.25, -0.2) is 0 Å². The average molecular weight is 380 g/mol. The lowest BCUT2D eigenvalue weighted by Gasteiger charge is -2.25. The van der Waals surface area contributed by atoms with Gasteiger partial charge in [-0.2, -0.15) is 5.10 Å². The molecule has 7 heteroatoms. The number of carbonyl (C=O) groups excluding carboxylic acids is 1. The number of amides is 1. The molecule has 1 aromatic heterocycles. The maximum atomic E-state index is 12.0. The summed E-state index contributed by atoms with van der Waals surface area (Å²) in [5.74, 6) is 0.752. The predicted octanol–water partition coefficient (Wildman–Crippen LogP) is 3.65. The normalized spacial score (nSPS) is 11.0. The second-order valence-corrected chi connectivity index (χ2v) is 7.10. The highest BCUT2D eigenvalue weighted by Gasteiger charge is 2.12. The van der Waals surface area contributed by atoms with Gasteiger partial charge in [0.15, 0.2) is 5.82 Å². The van der Waals surface area contributed by atoms with Gasteiger partial charge in [-0.3, -0.25) is 9.89 Å². The Bertz CT molecular complexity index is 949. The van der Waals surface area contributed by atoms with Crippen LogP contribution in [0.25, 0.3) is 10.9 Å². The molecule has 28 heavy (non-hydrogen) atoms. The minimum atomic E-state index is -0.00960. The predicted molar refractivity (Wildman–Crippen MR) is 117 cm³/mol. The molecule has 0 aliphatic rings.